The average Bonchev–Trinajstić information content (AvgIpc) is 2.88. The quantitative estimate of drug-likeness (QED) is 0.901. The third-order valence-corrected chi connectivity index (χ3v) is 4.58. The highest BCUT2D eigenvalue weighted by Gasteiger charge is 2.31. The van der Waals surface area contributed by atoms with E-state index in [0.717, 1.165) is 19.3 Å². The van der Waals surface area contributed by atoms with Gasteiger partial charge in [0.1, 0.15) is 0 Å². The van der Waals surface area contributed by atoms with Crippen molar-refractivity contribution in [3.63, 3.8) is 0 Å². The first-order chi connectivity index (χ1) is 10.3. The largest absolute Gasteiger partial charge is 0.391 e. The highest BCUT2D eigenvalue weighted by atomic mass is 16.3. The van der Waals surface area contributed by atoms with Crippen LogP contribution >= 0.6 is 0 Å². The van der Waals surface area contributed by atoms with Crippen LogP contribution in [0.4, 0.5) is 0 Å². The fraction of sp³-hybridized carbons (Fsp3) is 0.368. The minimum absolute atomic E-state index is 0.191. The lowest BCUT2D eigenvalue weighted by atomic mass is 9.96. The van der Waals surface area contributed by atoms with E-state index < -0.39 is 0 Å². The van der Waals surface area contributed by atoms with Crippen molar-refractivity contribution >= 4 is 0 Å². The van der Waals surface area contributed by atoms with Gasteiger partial charge in [-0.1, -0.05) is 54.6 Å². The molecule has 3 rings (SSSR count). The smallest absolute Gasteiger partial charge is 0.0695 e. The minimum Gasteiger partial charge on any atom is -0.391 e. The second kappa shape index (κ2) is 6.42. The van der Waals surface area contributed by atoms with E-state index in [0.29, 0.717) is 5.92 Å². The summed E-state index contributed by atoms with van der Waals surface area (Å²) in [5.41, 5.74) is 3.89. The van der Waals surface area contributed by atoms with E-state index >= 15 is 0 Å². The Balaban J connectivity index is 1.66. The molecule has 0 heterocycles. The summed E-state index contributed by atoms with van der Waals surface area (Å²) in [6.45, 7) is 0. The fourth-order valence-electron chi connectivity index (χ4n) is 3.39. The summed E-state index contributed by atoms with van der Waals surface area (Å²) >= 11 is 0. The SMILES string of the molecule is CN[C@H]1C[C@H](Cc2ccc(-c3ccccc3)cc2)C[C@@H]1O. The van der Waals surface area contributed by atoms with E-state index in [-0.39, 0.29) is 12.1 Å². The number of aliphatic hydroxyl groups excluding tert-OH is 1. The molecule has 0 bridgehead atoms. The Bertz CT molecular complexity index is 564. The van der Waals surface area contributed by atoms with Crippen LogP contribution in [-0.2, 0) is 6.42 Å². The summed E-state index contributed by atoms with van der Waals surface area (Å²) in [7, 11) is 1.94. The van der Waals surface area contributed by atoms with E-state index in [9.17, 15) is 5.11 Å². The van der Waals surface area contributed by atoms with Crippen LogP contribution in [-0.4, -0.2) is 24.3 Å². The van der Waals surface area contributed by atoms with E-state index in [1.807, 2.05) is 13.1 Å². The Morgan fingerprint density at radius 1 is 0.952 bits per heavy atom. The molecular formula is C19H23NO. The molecule has 0 aliphatic heterocycles. The van der Waals surface area contributed by atoms with Gasteiger partial charge in [0.05, 0.1) is 6.10 Å². The number of rotatable bonds is 4. The molecular weight excluding hydrogens is 258 g/mol. The molecule has 1 aliphatic carbocycles. The van der Waals surface area contributed by atoms with Crippen molar-refractivity contribution in [1.82, 2.24) is 5.32 Å². The Kier molecular flexibility index (Phi) is 4.37. The van der Waals surface area contributed by atoms with Crippen LogP contribution in [0.2, 0.25) is 0 Å². The van der Waals surface area contributed by atoms with Crippen LogP contribution in [0.25, 0.3) is 11.1 Å². The molecule has 1 saturated carbocycles. The molecule has 1 aliphatic rings. The molecule has 3 atom stereocenters. The number of hydrogen-bond donors (Lipinski definition) is 2. The minimum atomic E-state index is -0.191. The molecule has 1 fully saturated rings. The Labute approximate surface area is 126 Å². The number of hydrogen-bond acceptors (Lipinski definition) is 2. The third kappa shape index (κ3) is 3.34. The van der Waals surface area contributed by atoms with Crippen molar-refractivity contribution in [2.45, 2.75) is 31.4 Å². The van der Waals surface area contributed by atoms with Crippen LogP contribution in [0.15, 0.2) is 54.6 Å². The highest BCUT2D eigenvalue weighted by Crippen LogP contribution is 2.29. The number of likely N-dealkylation sites (N-methyl/N-ethyl adjacent to an activating group) is 1. The summed E-state index contributed by atoms with van der Waals surface area (Å²) in [5.74, 6) is 0.583. The third-order valence-electron chi connectivity index (χ3n) is 4.58. The van der Waals surface area contributed by atoms with Crippen molar-refractivity contribution in [3.8, 4) is 11.1 Å². The molecule has 0 saturated heterocycles. The molecule has 0 unspecified atom stereocenters. The van der Waals surface area contributed by atoms with Gasteiger partial charge in [0.15, 0.2) is 0 Å². The summed E-state index contributed by atoms with van der Waals surface area (Å²) in [6.07, 6.45) is 2.84. The molecule has 2 N–H and O–H groups in total. The van der Waals surface area contributed by atoms with Crippen LogP contribution in [0.5, 0.6) is 0 Å². The van der Waals surface area contributed by atoms with Crippen molar-refractivity contribution in [1.29, 1.82) is 0 Å². The van der Waals surface area contributed by atoms with Gasteiger partial charge in [-0.15, -0.1) is 0 Å². The zero-order valence-corrected chi connectivity index (χ0v) is 12.5. The Morgan fingerprint density at radius 3 is 2.24 bits per heavy atom. The first-order valence-electron chi connectivity index (χ1n) is 7.76. The summed E-state index contributed by atoms with van der Waals surface area (Å²) < 4.78 is 0. The van der Waals surface area contributed by atoms with E-state index in [4.69, 9.17) is 0 Å². The summed E-state index contributed by atoms with van der Waals surface area (Å²) in [4.78, 5) is 0. The van der Waals surface area contributed by atoms with Gasteiger partial charge in [-0.25, -0.2) is 0 Å². The molecule has 2 heteroatoms. The van der Waals surface area contributed by atoms with Crippen LogP contribution < -0.4 is 5.32 Å². The van der Waals surface area contributed by atoms with Gasteiger partial charge in [-0.3, -0.25) is 0 Å². The zero-order valence-electron chi connectivity index (χ0n) is 12.5. The second-order valence-corrected chi connectivity index (χ2v) is 6.07. The van der Waals surface area contributed by atoms with Crippen molar-refractivity contribution in [2.75, 3.05) is 7.05 Å². The van der Waals surface area contributed by atoms with E-state index in [1.54, 1.807) is 0 Å². The van der Waals surface area contributed by atoms with Gasteiger partial charge < -0.3 is 10.4 Å². The molecule has 2 aromatic rings. The lowest BCUT2D eigenvalue weighted by molar-refractivity contribution is 0.150. The topological polar surface area (TPSA) is 32.3 Å². The first-order valence-corrected chi connectivity index (χ1v) is 7.76. The normalized spacial score (nSPS) is 25.1. The van der Waals surface area contributed by atoms with Crippen molar-refractivity contribution in [3.05, 3.63) is 60.2 Å². The maximum atomic E-state index is 9.97. The number of benzene rings is 2. The lowest BCUT2D eigenvalue weighted by Gasteiger charge is -2.12. The van der Waals surface area contributed by atoms with Gasteiger partial charge in [-0.2, -0.15) is 0 Å². The van der Waals surface area contributed by atoms with Gasteiger partial charge in [0.25, 0.3) is 0 Å². The van der Waals surface area contributed by atoms with Crippen LogP contribution in [0.1, 0.15) is 18.4 Å². The van der Waals surface area contributed by atoms with Crippen LogP contribution in [0, 0.1) is 5.92 Å². The molecule has 2 aromatic carbocycles. The number of nitrogens with one attached hydrogen (secondary N) is 1. The van der Waals surface area contributed by atoms with Crippen molar-refractivity contribution in [2.24, 2.45) is 5.92 Å². The Morgan fingerprint density at radius 2 is 1.62 bits per heavy atom. The lowest BCUT2D eigenvalue weighted by Crippen LogP contribution is -2.32. The van der Waals surface area contributed by atoms with Gasteiger partial charge in [0, 0.05) is 6.04 Å². The number of aliphatic hydroxyl groups is 1. The molecule has 0 radical (unpaired) electrons. The predicted octanol–water partition coefficient (Wildman–Crippen LogP) is 3.26. The van der Waals surface area contributed by atoms with Gasteiger partial charge in [-0.05, 0) is 48.9 Å². The first kappa shape index (κ1) is 14.3. The Hall–Kier alpha value is -1.64. The molecule has 0 aromatic heterocycles. The zero-order chi connectivity index (χ0) is 14.7. The van der Waals surface area contributed by atoms with E-state index in [1.165, 1.54) is 16.7 Å². The fourth-order valence-corrected chi connectivity index (χ4v) is 3.39. The highest BCUT2D eigenvalue weighted by molar-refractivity contribution is 5.63. The van der Waals surface area contributed by atoms with Crippen molar-refractivity contribution < 1.29 is 5.11 Å². The molecule has 0 amide bonds. The standard InChI is InChI=1S/C19H23NO/c1-20-18-12-15(13-19(18)21)11-14-7-9-17(10-8-14)16-5-3-2-4-6-16/h2-10,15,18-21H,11-13H2,1H3/t15-,18-,19-/m0/s1. The second-order valence-electron chi connectivity index (χ2n) is 6.07. The molecule has 0 spiro atoms. The summed E-state index contributed by atoms with van der Waals surface area (Å²) in [5, 5.41) is 13.2. The average molecular weight is 281 g/mol. The molecule has 2 nitrogen and oxygen atoms in total. The summed E-state index contributed by atoms with van der Waals surface area (Å²) in [6, 6.07) is 19.6. The molecule has 110 valence electrons. The van der Waals surface area contributed by atoms with Gasteiger partial charge >= 0.3 is 0 Å². The maximum Gasteiger partial charge on any atom is 0.0695 e. The predicted molar refractivity (Wildman–Crippen MR) is 87.2 cm³/mol. The molecule has 21 heavy (non-hydrogen) atoms. The van der Waals surface area contributed by atoms with Gasteiger partial charge in [0.2, 0.25) is 0 Å². The monoisotopic (exact) mass is 281 g/mol. The van der Waals surface area contributed by atoms with E-state index in [2.05, 4.69) is 53.8 Å². The van der Waals surface area contributed by atoms with Crippen LogP contribution in [0.3, 0.4) is 0 Å². The maximum absolute atomic E-state index is 9.97.